The molecule has 2 heteroatoms. The Morgan fingerprint density at radius 2 is 2.08 bits per heavy atom. The van der Waals surface area contributed by atoms with E-state index in [-0.39, 0.29) is 0 Å². The Balaban J connectivity index is 3.12. The van der Waals surface area contributed by atoms with Gasteiger partial charge in [-0.2, -0.15) is 5.26 Å². The summed E-state index contributed by atoms with van der Waals surface area (Å²) in [4.78, 5) is 0. The van der Waals surface area contributed by atoms with Crippen molar-refractivity contribution < 1.29 is 0 Å². The second-order valence-corrected chi connectivity index (χ2v) is 3.41. The normalized spacial score (nSPS) is 9.92. The topological polar surface area (TPSA) is 23.8 Å². The standard InChI is InChI=1S/C10H10ClN/c1-7(2)8-3-4-9(6-12)10(11)5-8/h3-5,7H,1-2H3. The molecular formula is C10H10ClN. The smallest absolute Gasteiger partial charge is 0.101 e. The molecule has 1 nitrogen and oxygen atoms in total. The molecule has 62 valence electrons. The Bertz CT molecular complexity index is 323. The first-order chi connectivity index (χ1) is 5.65. The summed E-state index contributed by atoms with van der Waals surface area (Å²) in [6.45, 7) is 4.19. The van der Waals surface area contributed by atoms with Gasteiger partial charge in [-0.25, -0.2) is 0 Å². The minimum Gasteiger partial charge on any atom is -0.192 e. The Labute approximate surface area is 77.6 Å². The molecule has 0 heterocycles. The van der Waals surface area contributed by atoms with Gasteiger partial charge in [-0.3, -0.25) is 0 Å². The Morgan fingerprint density at radius 3 is 2.50 bits per heavy atom. The average Bonchev–Trinajstić information content (AvgIpc) is 2.04. The molecule has 0 spiro atoms. The SMILES string of the molecule is CC(C)c1ccc(C#N)c(Cl)c1. The summed E-state index contributed by atoms with van der Waals surface area (Å²) in [6.07, 6.45) is 0. The number of hydrogen-bond acceptors (Lipinski definition) is 1. The first-order valence-electron chi connectivity index (χ1n) is 3.84. The third kappa shape index (κ3) is 1.78. The van der Waals surface area contributed by atoms with Gasteiger partial charge in [0.2, 0.25) is 0 Å². The molecule has 1 aromatic carbocycles. The lowest BCUT2D eigenvalue weighted by atomic mass is 10.0. The Kier molecular flexibility index (Phi) is 2.73. The summed E-state index contributed by atoms with van der Waals surface area (Å²) < 4.78 is 0. The molecule has 0 aromatic heterocycles. The largest absolute Gasteiger partial charge is 0.192 e. The zero-order valence-electron chi connectivity index (χ0n) is 7.13. The van der Waals surface area contributed by atoms with Crippen LogP contribution in [0.25, 0.3) is 0 Å². The van der Waals surface area contributed by atoms with Gasteiger partial charge in [0.05, 0.1) is 10.6 Å². The summed E-state index contributed by atoms with van der Waals surface area (Å²) in [6, 6.07) is 7.58. The number of benzene rings is 1. The lowest BCUT2D eigenvalue weighted by Crippen LogP contribution is -1.87. The fraction of sp³-hybridized carbons (Fsp3) is 0.300. The van der Waals surface area contributed by atoms with Crippen molar-refractivity contribution in [2.24, 2.45) is 0 Å². The molecule has 0 unspecified atom stereocenters. The van der Waals surface area contributed by atoms with E-state index in [0.29, 0.717) is 16.5 Å². The van der Waals surface area contributed by atoms with Crippen LogP contribution in [0.2, 0.25) is 5.02 Å². The van der Waals surface area contributed by atoms with Crippen LogP contribution in [0.1, 0.15) is 30.9 Å². The lowest BCUT2D eigenvalue weighted by Gasteiger charge is -2.05. The summed E-state index contributed by atoms with van der Waals surface area (Å²) in [7, 11) is 0. The van der Waals surface area contributed by atoms with E-state index in [1.54, 1.807) is 6.07 Å². The van der Waals surface area contributed by atoms with Crippen molar-refractivity contribution in [3.8, 4) is 6.07 Å². The highest BCUT2D eigenvalue weighted by Gasteiger charge is 2.03. The van der Waals surface area contributed by atoms with Gasteiger partial charge in [-0.15, -0.1) is 0 Å². The maximum Gasteiger partial charge on any atom is 0.101 e. The molecule has 0 saturated carbocycles. The number of halogens is 1. The van der Waals surface area contributed by atoms with Gasteiger partial charge < -0.3 is 0 Å². The predicted octanol–water partition coefficient (Wildman–Crippen LogP) is 3.34. The van der Waals surface area contributed by atoms with E-state index in [4.69, 9.17) is 16.9 Å². The third-order valence-corrected chi connectivity index (χ3v) is 2.09. The van der Waals surface area contributed by atoms with E-state index in [2.05, 4.69) is 13.8 Å². The predicted molar refractivity (Wildman–Crippen MR) is 50.3 cm³/mol. The van der Waals surface area contributed by atoms with Gasteiger partial charge in [-0.1, -0.05) is 31.5 Å². The molecular weight excluding hydrogens is 170 g/mol. The molecule has 0 aliphatic heterocycles. The van der Waals surface area contributed by atoms with Crippen molar-refractivity contribution in [3.63, 3.8) is 0 Å². The van der Waals surface area contributed by atoms with E-state index in [1.807, 2.05) is 18.2 Å². The molecule has 0 saturated heterocycles. The van der Waals surface area contributed by atoms with Crippen molar-refractivity contribution in [2.75, 3.05) is 0 Å². The summed E-state index contributed by atoms with van der Waals surface area (Å²) in [5.74, 6) is 0.454. The Hall–Kier alpha value is -1.00. The number of nitrogens with zero attached hydrogens (tertiary/aromatic N) is 1. The van der Waals surface area contributed by atoms with Gasteiger partial charge >= 0.3 is 0 Å². The van der Waals surface area contributed by atoms with Crippen molar-refractivity contribution in [3.05, 3.63) is 34.3 Å². The third-order valence-electron chi connectivity index (χ3n) is 1.78. The summed E-state index contributed by atoms with van der Waals surface area (Å²) >= 11 is 5.85. The molecule has 0 amide bonds. The van der Waals surface area contributed by atoms with E-state index in [9.17, 15) is 0 Å². The molecule has 1 rings (SSSR count). The molecule has 0 aliphatic carbocycles. The minimum atomic E-state index is 0.454. The summed E-state index contributed by atoms with van der Waals surface area (Å²) in [5, 5.41) is 9.16. The zero-order valence-corrected chi connectivity index (χ0v) is 7.89. The van der Waals surface area contributed by atoms with Crippen LogP contribution in [-0.2, 0) is 0 Å². The van der Waals surface area contributed by atoms with Gasteiger partial charge in [0.15, 0.2) is 0 Å². The van der Waals surface area contributed by atoms with E-state index >= 15 is 0 Å². The van der Waals surface area contributed by atoms with Gasteiger partial charge in [0.25, 0.3) is 0 Å². The fourth-order valence-corrected chi connectivity index (χ4v) is 1.21. The molecule has 0 fully saturated rings. The number of rotatable bonds is 1. The fourth-order valence-electron chi connectivity index (χ4n) is 0.981. The second-order valence-electron chi connectivity index (χ2n) is 3.01. The van der Waals surface area contributed by atoms with E-state index in [1.165, 1.54) is 5.56 Å². The maximum absolute atomic E-state index is 8.61. The highest BCUT2D eigenvalue weighted by molar-refractivity contribution is 6.31. The number of hydrogen-bond donors (Lipinski definition) is 0. The molecule has 0 N–H and O–H groups in total. The van der Waals surface area contributed by atoms with Gasteiger partial charge in [-0.05, 0) is 23.6 Å². The molecule has 0 radical (unpaired) electrons. The van der Waals surface area contributed by atoms with Crippen molar-refractivity contribution in [1.29, 1.82) is 5.26 Å². The first kappa shape index (κ1) is 9.09. The van der Waals surface area contributed by atoms with Crippen molar-refractivity contribution >= 4 is 11.6 Å². The quantitative estimate of drug-likeness (QED) is 0.649. The van der Waals surface area contributed by atoms with Crippen molar-refractivity contribution in [1.82, 2.24) is 0 Å². The minimum absolute atomic E-state index is 0.454. The van der Waals surface area contributed by atoms with Crippen LogP contribution in [0.15, 0.2) is 18.2 Å². The summed E-state index contributed by atoms with van der Waals surface area (Å²) in [5.41, 5.74) is 1.71. The van der Waals surface area contributed by atoms with Crippen LogP contribution >= 0.6 is 11.6 Å². The van der Waals surface area contributed by atoms with Crippen molar-refractivity contribution in [2.45, 2.75) is 19.8 Å². The maximum atomic E-state index is 8.61. The zero-order chi connectivity index (χ0) is 9.14. The Morgan fingerprint density at radius 1 is 1.42 bits per heavy atom. The average molecular weight is 180 g/mol. The lowest BCUT2D eigenvalue weighted by molar-refractivity contribution is 0.866. The second kappa shape index (κ2) is 3.60. The van der Waals surface area contributed by atoms with Crippen LogP contribution in [0.5, 0.6) is 0 Å². The van der Waals surface area contributed by atoms with E-state index < -0.39 is 0 Å². The van der Waals surface area contributed by atoms with Gasteiger partial charge in [0.1, 0.15) is 6.07 Å². The molecule has 12 heavy (non-hydrogen) atoms. The molecule has 1 aromatic rings. The monoisotopic (exact) mass is 179 g/mol. The molecule has 0 aliphatic rings. The molecule has 0 bridgehead atoms. The van der Waals surface area contributed by atoms with E-state index in [0.717, 1.165) is 0 Å². The molecule has 0 atom stereocenters. The van der Waals surface area contributed by atoms with Crippen LogP contribution in [0, 0.1) is 11.3 Å². The number of nitriles is 1. The van der Waals surface area contributed by atoms with Crippen LogP contribution in [0.3, 0.4) is 0 Å². The highest BCUT2D eigenvalue weighted by Crippen LogP contribution is 2.21. The van der Waals surface area contributed by atoms with Crippen LogP contribution in [0.4, 0.5) is 0 Å². The highest BCUT2D eigenvalue weighted by atomic mass is 35.5. The van der Waals surface area contributed by atoms with Crippen LogP contribution < -0.4 is 0 Å². The first-order valence-corrected chi connectivity index (χ1v) is 4.22. The van der Waals surface area contributed by atoms with Crippen LogP contribution in [-0.4, -0.2) is 0 Å². The van der Waals surface area contributed by atoms with Gasteiger partial charge in [0, 0.05) is 0 Å².